The highest BCUT2D eigenvalue weighted by atomic mass is 16.5. The van der Waals surface area contributed by atoms with Crippen LogP contribution in [0.25, 0.3) is 34.0 Å². The van der Waals surface area contributed by atoms with Crippen LogP contribution in [0.2, 0.25) is 0 Å². The number of rotatable bonds is 12. The maximum atomic E-state index is 14.2. The summed E-state index contributed by atoms with van der Waals surface area (Å²) in [6, 6.07) is 19.4. The van der Waals surface area contributed by atoms with E-state index in [4.69, 9.17) is 9.47 Å². The molecule has 6 N–H and O–H groups in total. The molecule has 0 spiro atoms. The first kappa shape index (κ1) is 35.0. The standard InChI is InChI=1S/C40H38N4O8/c1-51-37-19-25(3-11-35(37)47)5-13-39(49)43(17-15-27-23-41-33-9-7-29(45)21-31(27)33)44(18-16-28-24-42-34-10-8-30(46)22-32(28)34)40(50)14-6-26-4-12-36(48)38(20-26)52-2/h3-14,19-24,41-42,45-48H,15-18H2,1-2H3/b13-5+,14-6+. The number of phenolic OH excluding ortho intramolecular Hbond substituents is 4. The SMILES string of the molecule is COc1cc(/C=C/C(=O)N(CCc2c[nH]c3ccc(O)cc23)N(CCc2c[nH]c3ccc(O)cc23)C(=O)/C=C/c2ccc(O)c(OC)c2)ccc1O. The van der Waals surface area contributed by atoms with Gasteiger partial charge < -0.3 is 39.9 Å². The third kappa shape index (κ3) is 7.81. The average molecular weight is 703 g/mol. The Kier molecular flexibility index (Phi) is 10.4. The minimum Gasteiger partial charge on any atom is -0.508 e. The molecular weight excluding hydrogens is 664 g/mol. The molecule has 12 heteroatoms. The molecule has 0 aliphatic carbocycles. The molecule has 4 aromatic carbocycles. The number of nitrogens with zero attached hydrogens (tertiary/aromatic N) is 2. The zero-order chi connectivity index (χ0) is 36.8. The highest BCUT2D eigenvalue weighted by Crippen LogP contribution is 2.29. The van der Waals surface area contributed by atoms with Gasteiger partial charge in [-0.25, -0.2) is 10.0 Å². The molecule has 2 aromatic heterocycles. The van der Waals surface area contributed by atoms with E-state index in [0.717, 1.165) is 32.9 Å². The molecule has 0 bridgehead atoms. The smallest absolute Gasteiger partial charge is 0.265 e. The summed E-state index contributed by atoms with van der Waals surface area (Å²) in [4.78, 5) is 34.8. The number of aromatic hydroxyl groups is 4. The molecule has 2 heterocycles. The number of aromatic amines is 2. The largest absolute Gasteiger partial charge is 0.508 e. The molecule has 0 atom stereocenters. The van der Waals surface area contributed by atoms with E-state index in [1.165, 1.54) is 48.5 Å². The molecule has 0 radical (unpaired) electrons. The van der Waals surface area contributed by atoms with Gasteiger partial charge in [0.15, 0.2) is 23.0 Å². The maximum absolute atomic E-state index is 14.2. The molecule has 266 valence electrons. The number of aromatic nitrogens is 2. The van der Waals surface area contributed by atoms with E-state index >= 15 is 0 Å². The van der Waals surface area contributed by atoms with Crippen molar-refractivity contribution in [2.75, 3.05) is 27.3 Å². The van der Waals surface area contributed by atoms with Crippen LogP contribution in [0, 0.1) is 0 Å². The van der Waals surface area contributed by atoms with Gasteiger partial charge in [-0.3, -0.25) is 9.59 Å². The van der Waals surface area contributed by atoms with Gasteiger partial charge in [0.05, 0.1) is 14.2 Å². The highest BCUT2D eigenvalue weighted by molar-refractivity contribution is 5.97. The summed E-state index contributed by atoms with van der Waals surface area (Å²) in [5.74, 6) is -0.371. The second-order valence-electron chi connectivity index (χ2n) is 12.0. The van der Waals surface area contributed by atoms with Crippen LogP contribution in [0.1, 0.15) is 22.3 Å². The van der Waals surface area contributed by atoms with Crippen LogP contribution in [0.15, 0.2) is 97.3 Å². The lowest BCUT2D eigenvalue weighted by Crippen LogP contribution is -2.50. The Bertz CT molecular complexity index is 2140. The molecule has 2 amide bonds. The minimum atomic E-state index is -0.487. The lowest BCUT2D eigenvalue weighted by Gasteiger charge is -2.34. The number of methoxy groups -OCH3 is 2. The molecule has 6 rings (SSSR count). The molecule has 0 saturated heterocycles. The Morgan fingerprint density at radius 2 is 1.04 bits per heavy atom. The summed E-state index contributed by atoms with van der Waals surface area (Å²) in [6.45, 7) is 0.179. The second kappa shape index (κ2) is 15.4. The van der Waals surface area contributed by atoms with E-state index in [1.807, 2.05) is 12.4 Å². The number of phenols is 4. The van der Waals surface area contributed by atoms with Gasteiger partial charge in [0.2, 0.25) is 0 Å². The van der Waals surface area contributed by atoms with E-state index in [0.29, 0.717) is 24.0 Å². The molecular formula is C40H38N4O8. The van der Waals surface area contributed by atoms with Crippen molar-refractivity contribution >= 4 is 45.8 Å². The van der Waals surface area contributed by atoms with Crippen molar-refractivity contribution in [3.63, 3.8) is 0 Å². The fourth-order valence-corrected chi connectivity index (χ4v) is 6.00. The van der Waals surface area contributed by atoms with E-state index in [9.17, 15) is 30.0 Å². The number of H-pyrrole nitrogens is 2. The molecule has 6 aromatic rings. The second-order valence-corrected chi connectivity index (χ2v) is 12.0. The first-order chi connectivity index (χ1) is 25.1. The predicted molar refractivity (Wildman–Crippen MR) is 198 cm³/mol. The van der Waals surface area contributed by atoms with Crippen molar-refractivity contribution in [2.24, 2.45) is 0 Å². The van der Waals surface area contributed by atoms with Crippen LogP contribution in [-0.4, -0.2) is 79.5 Å². The van der Waals surface area contributed by atoms with Gasteiger partial charge in [-0.1, -0.05) is 12.1 Å². The summed E-state index contributed by atoms with van der Waals surface area (Å²) >= 11 is 0. The monoisotopic (exact) mass is 702 g/mol. The summed E-state index contributed by atoms with van der Waals surface area (Å²) in [6.07, 6.45) is 10.1. The van der Waals surface area contributed by atoms with Crippen LogP contribution in [-0.2, 0) is 22.4 Å². The Hall–Kier alpha value is -6.82. The summed E-state index contributed by atoms with van der Waals surface area (Å²) in [5.41, 5.74) is 4.48. The molecule has 12 nitrogen and oxygen atoms in total. The predicted octanol–water partition coefficient (Wildman–Crippen LogP) is 6.27. The highest BCUT2D eigenvalue weighted by Gasteiger charge is 2.25. The molecule has 52 heavy (non-hydrogen) atoms. The van der Waals surface area contributed by atoms with Crippen LogP contribution in [0.5, 0.6) is 34.5 Å². The first-order valence-corrected chi connectivity index (χ1v) is 16.4. The van der Waals surface area contributed by atoms with Gasteiger partial charge in [-0.15, -0.1) is 0 Å². The van der Waals surface area contributed by atoms with E-state index in [-0.39, 0.29) is 47.6 Å². The topological polar surface area (TPSA) is 172 Å². The van der Waals surface area contributed by atoms with Gasteiger partial charge in [0, 0.05) is 59.4 Å². The average Bonchev–Trinajstić information content (AvgIpc) is 3.74. The van der Waals surface area contributed by atoms with Gasteiger partial charge >= 0.3 is 0 Å². The number of ether oxygens (including phenoxy) is 2. The van der Waals surface area contributed by atoms with Crippen LogP contribution < -0.4 is 9.47 Å². The number of hydrogen-bond acceptors (Lipinski definition) is 8. The number of fused-ring (bicyclic) bond motifs is 2. The van der Waals surface area contributed by atoms with Gasteiger partial charge in [0.25, 0.3) is 11.8 Å². The van der Waals surface area contributed by atoms with Crippen molar-refractivity contribution in [3.8, 4) is 34.5 Å². The minimum absolute atomic E-state index is 0.0437. The van der Waals surface area contributed by atoms with Gasteiger partial charge in [-0.05, 0) is 108 Å². The number of amides is 2. The lowest BCUT2D eigenvalue weighted by molar-refractivity contribution is -0.157. The summed E-state index contributed by atoms with van der Waals surface area (Å²) in [5, 5.41) is 44.8. The fraction of sp³-hybridized carbons (Fsp3) is 0.150. The zero-order valence-corrected chi connectivity index (χ0v) is 28.5. The molecule has 0 aliphatic heterocycles. The van der Waals surface area contributed by atoms with E-state index in [1.54, 1.807) is 72.8 Å². The van der Waals surface area contributed by atoms with Crippen LogP contribution in [0.3, 0.4) is 0 Å². The maximum Gasteiger partial charge on any atom is 0.265 e. The molecule has 0 aliphatic rings. The molecule has 0 saturated carbocycles. The fourth-order valence-electron chi connectivity index (χ4n) is 6.00. The Labute approximate surface area is 299 Å². The lowest BCUT2D eigenvalue weighted by atomic mass is 10.1. The Morgan fingerprint density at radius 3 is 1.44 bits per heavy atom. The quantitative estimate of drug-likeness (QED) is 0.0640. The number of nitrogens with one attached hydrogen (secondary N) is 2. The van der Waals surface area contributed by atoms with Crippen molar-refractivity contribution in [2.45, 2.75) is 12.8 Å². The van der Waals surface area contributed by atoms with Crippen molar-refractivity contribution in [3.05, 3.63) is 120 Å². The van der Waals surface area contributed by atoms with Crippen molar-refractivity contribution in [1.29, 1.82) is 0 Å². The first-order valence-electron chi connectivity index (χ1n) is 16.4. The Morgan fingerprint density at radius 1 is 0.615 bits per heavy atom. The summed E-state index contributed by atoms with van der Waals surface area (Å²) in [7, 11) is 2.86. The van der Waals surface area contributed by atoms with E-state index < -0.39 is 11.8 Å². The normalized spacial score (nSPS) is 11.5. The number of carbonyl (C=O) groups excluding carboxylic acids is 2. The Balaban J connectivity index is 1.37. The van der Waals surface area contributed by atoms with Crippen LogP contribution in [0.4, 0.5) is 0 Å². The van der Waals surface area contributed by atoms with Gasteiger partial charge in [-0.2, -0.15) is 0 Å². The van der Waals surface area contributed by atoms with Gasteiger partial charge in [0.1, 0.15) is 11.5 Å². The van der Waals surface area contributed by atoms with Crippen molar-refractivity contribution in [1.82, 2.24) is 20.0 Å². The molecule has 0 fully saturated rings. The number of benzene rings is 4. The van der Waals surface area contributed by atoms with Crippen LogP contribution >= 0.6 is 0 Å². The number of hydrogen-bond donors (Lipinski definition) is 6. The molecule has 0 unspecified atom stereocenters. The van der Waals surface area contributed by atoms with E-state index in [2.05, 4.69) is 9.97 Å². The third-order valence-corrected chi connectivity index (χ3v) is 8.73. The number of hydrazine groups is 1. The summed E-state index contributed by atoms with van der Waals surface area (Å²) < 4.78 is 10.4. The number of carbonyl (C=O) groups is 2. The van der Waals surface area contributed by atoms with Crippen molar-refractivity contribution < 1.29 is 39.5 Å². The zero-order valence-electron chi connectivity index (χ0n) is 28.5. The third-order valence-electron chi connectivity index (χ3n) is 8.73.